The van der Waals surface area contributed by atoms with Crippen LogP contribution in [-0.2, 0) is 4.79 Å². The van der Waals surface area contributed by atoms with E-state index in [4.69, 9.17) is 5.11 Å². The van der Waals surface area contributed by atoms with Gasteiger partial charge in [-0.15, -0.1) is 13.2 Å². The summed E-state index contributed by atoms with van der Waals surface area (Å²) in [6.07, 6.45) is 4.50. The van der Waals surface area contributed by atoms with E-state index < -0.39 is 5.97 Å². The molecule has 1 atom stereocenters. The Bertz CT molecular complexity index is 293. The lowest BCUT2D eigenvalue weighted by Gasteiger charge is -2.19. The van der Waals surface area contributed by atoms with Crippen LogP contribution in [0.3, 0.4) is 0 Å². The second-order valence-corrected chi connectivity index (χ2v) is 4.10. The van der Waals surface area contributed by atoms with Crippen molar-refractivity contribution >= 4 is 12.0 Å². The summed E-state index contributed by atoms with van der Waals surface area (Å²) in [5, 5.41) is 11.4. The van der Waals surface area contributed by atoms with Crippen molar-refractivity contribution in [2.45, 2.75) is 19.8 Å². The van der Waals surface area contributed by atoms with Crippen LogP contribution in [0.15, 0.2) is 25.3 Å². The van der Waals surface area contributed by atoms with E-state index in [1.807, 2.05) is 0 Å². The maximum atomic E-state index is 11.7. The molecule has 0 heterocycles. The number of rotatable bonds is 9. The highest BCUT2D eigenvalue weighted by atomic mass is 16.4. The van der Waals surface area contributed by atoms with Gasteiger partial charge in [-0.1, -0.05) is 19.1 Å². The summed E-state index contributed by atoms with van der Waals surface area (Å²) in [7, 11) is 0. The third-order valence-electron chi connectivity index (χ3n) is 2.50. The molecule has 0 saturated carbocycles. The standard InChI is InChI=1S/C13H22N2O3/c1-4-9-15(10-5-2)13(18)14-8-6-7-11(3)12(16)17/h4-5,11H,1-2,6-10H2,3H3,(H,14,18)(H,16,17). The van der Waals surface area contributed by atoms with Gasteiger partial charge in [0.15, 0.2) is 0 Å². The number of carboxylic acid groups (broad SMARTS) is 1. The second-order valence-electron chi connectivity index (χ2n) is 4.10. The van der Waals surface area contributed by atoms with Crippen molar-refractivity contribution in [2.75, 3.05) is 19.6 Å². The Morgan fingerprint density at radius 3 is 2.33 bits per heavy atom. The van der Waals surface area contributed by atoms with Gasteiger partial charge in [-0.3, -0.25) is 4.79 Å². The van der Waals surface area contributed by atoms with Gasteiger partial charge in [-0.05, 0) is 12.8 Å². The van der Waals surface area contributed by atoms with E-state index in [9.17, 15) is 9.59 Å². The molecule has 18 heavy (non-hydrogen) atoms. The third kappa shape index (κ3) is 6.73. The molecule has 0 aromatic rings. The molecule has 0 saturated heterocycles. The van der Waals surface area contributed by atoms with E-state index in [0.717, 1.165) is 0 Å². The summed E-state index contributed by atoms with van der Waals surface area (Å²) in [5.41, 5.74) is 0. The Labute approximate surface area is 108 Å². The average molecular weight is 254 g/mol. The van der Waals surface area contributed by atoms with Crippen molar-refractivity contribution < 1.29 is 14.7 Å². The Morgan fingerprint density at radius 2 is 1.89 bits per heavy atom. The zero-order chi connectivity index (χ0) is 14.0. The Balaban J connectivity index is 3.89. The van der Waals surface area contributed by atoms with Crippen LogP contribution in [0, 0.1) is 5.92 Å². The van der Waals surface area contributed by atoms with Crippen LogP contribution in [0.1, 0.15) is 19.8 Å². The summed E-state index contributed by atoms with van der Waals surface area (Å²) < 4.78 is 0. The number of carboxylic acids is 1. The highest BCUT2D eigenvalue weighted by Gasteiger charge is 2.12. The number of hydrogen-bond acceptors (Lipinski definition) is 2. The van der Waals surface area contributed by atoms with Gasteiger partial charge in [-0.2, -0.15) is 0 Å². The molecule has 0 fully saturated rings. The highest BCUT2D eigenvalue weighted by molar-refractivity contribution is 5.74. The van der Waals surface area contributed by atoms with Gasteiger partial charge in [0.25, 0.3) is 0 Å². The van der Waals surface area contributed by atoms with Gasteiger partial charge in [0.05, 0.1) is 5.92 Å². The number of carbonyl (C=O) groups excluding carboxylic acids is 1. The number of aliphatic carboxylic acids is 1. The number of nitrogens with one attached hydrogen (secondary N) is 1. The molecule has 5 nitrogen and oxygen atoms in total. The van der Waals surface area contributed by atoms with Gasteiger partial charge in [0, 0.05) is 19.6 Å². The Kier molecular flexibility index (Phi) is 8.35. The molecule has 0 aliphatic rings. The van der Waals surface area contributed by atoms with E-state index >= 15 is 0 Å². The molecule has 2 N–H and O–H groups in total. The fraction of sp³-hybridized carbons (Fsp3) is 0.538. The Morgan fingerprint density at radius 1 is 1.33 bits per heavy atom. The zero-order valence-electron chi connectivity index (χ0n) is 10.9. The third-order valence-corrected chi connectivity index (χ3v) is 2.50. The number of urea groups is 1. The van der Waals surface area contributed by atoms with Crippen LogP contribution in [0.4, 0.5) is 4.79 Å². The van der Waals surface area contributed by atoms with Crippen LogP contribution in [0.2, 0.25) is 0 Å². The first-order chi connectivity index (χ1) is 8.52. The van der Waals surface area contributed by atoms with E-state index in [1.165, 1.54) is 0 Å². The number of hydrogen-bond donors (Lipinski definition) is 2. The number of nitrogens with zero attached hydrogens (tertiary/aromatic N) is 1. The monoisotopic (exact) mass is 254 g/mol. The number of amides is 2. The first kappa shape index (κ1) is 16.2. The van der Waals surface area contributed by atoms with Gasteiger partial charge >= 0.3 is 12.0 Å². The maximum absolute atomic E-state index is 11.7. The summed E-state index contributed by atoms with van der Waals surface area (Å²) in [4.78, 5) is 23.9. The molecule has 0 radical (unpaired) electrons. The summed E-state index contributed by atoms with van der Waals surface area (Å²) in [5.74, 6) is -1.18. The molecular formula is C13H22N2O3. The van der Waals surface area contributed by atoms with Crippen LogP contribution in [0.25, 0.3) is 0 Å². The van der Waals surface area contributed by atoms with Crippen LogP contribution in [-0.4, -0.2) is 41.6 Å². The molecule has 0 bridgehead atoms. The maximum Gasteiger partial charge on any atom is 0.317 e. The van der Waals surface area contributed by atoms with Crippen LogP contribution < -0.4 is 5.32 Å². The van der Waals surface area contributed by atoms with Crippen molar-refractivity contribution in [1.82, 2.24) is 10.2 Å². The predicted octanol–water partition coefficient (Wildman–Crippen LogP) is 1.87. The minimum atomic E-state index is -0.804. The molecular weight excluding hydrogens is 232 g/mol. The fourth-order valence-electron chi connectivity index (χ4n) is 1.39. The lowest BCUT2D eigenvalue weighted by Crippen LogP contribution is -2.40. The fourth-order valence-corrected chi connectivity index (χ4v) is 1.39. The topological polar surface area (TPSA) is 69.6 Å². The van der Waals surface area contributed by atoms with E-state index in [1.54, 1.807) is 24.0 Å². The molecule has 5 heteroatoms. The van der Waals surface area contributed by atoms with Crippen molar-refractivity contribution in [3.05, 3.63) is 25.3 Å². The van der Waals surface area contributed by atoms with E-state index in [0.29, 0.717) is 32.5 Å². The van der Waals surface area contributed by atoms with Crippen molar-refractivity contribution in [2.24, 2.45) is 5.92 Å². The summed E-state index contributed by atoms with van der Waals surface area (Å²) in [6.45, 7) is 10.2. The molecule has 1 unspecified atom stereocenters. The van der Waals surface area contributed by atoms with Crippen LogP contribution in [0.5, 0.6) is 0 Å². The van der Waals surface area contributed by atoms with Gasteiger partial charge in [-0.25, -0.2) is 4.79 Å². The highest BCUT2D eigenvalue weighted by Crippen LogP contribution is 2.04. The van der Waals surface area contributed by atoms with Crippen LogP contribution >= 0.6 is 0 Å². The first-order valence-electron chi connectivity index (χ1n) is 6.00. The lowest BCUT2D eigenvalue weighted by molar-refractivity contribution is -0.141. The smallest absolute Gasteiger partial charge is 0.317 e. The van der Waals surface area contributed by atoms with Crippen molar-refractivity contribution in [1.29, 1.82) is 0 Å². The molecule has 0 aliphatic heterocycles. The Hall–Kier alpha value is -1.78. The minimum absolute atomic E-state index is 0.183. The second kappa shape index (κ2) is 9.27. The summed E-state index contributed by atoms with van der Waals surface area (Å²) in [6, 6.07) is -0.183. The van der Waals surface area contributed by atoms with Gasteiger partial charge in [0.2, 0.25) is 0 Å². The predicted molar refractivity (Wildman–Crippen MR) is 71.4 cm³/mol. The summed E-state index contributed by atoms with van der Waals surface area (Å²) >= 11 is 0. The lowest BCUT2D eigenvalue weighted by atomic mass is 10.1. The average Bonchev–Trinajstić information content (AvgIpc) is 2.33. The zero-order valence-corrected chi connectivity index (χ0v) is 10.9. The minimum Gasteiger partial charge on any atom is -0.481 e. The molecule has 0 rings (SSSR count). The largest absolute Gasteiger partial charge is 0.481 e. The first-order valence-corrected chi connectivity index (χ1v) is 6.00. The molecule has 2 amide bonds. The molecule has 0 spiro atoms. The van der Waals surface area contributed by atoms with Gasteiger partial charge < -0.3 is 15.3 Å². The van der Waals surface area contributed by atoms with Crippen molar-refractivity contribution in [3.8, 4) is 0 Å². The molecule has 0 aromatic carbocycles. The van der Waals surface area contributed by atoms with E-state index in [-0.39, 0.29) is 11.9 Å². The quantitative estimate of drug-likeness (QED) is 0.487. The molecule has 0 aliphatic carbocycles. The molecule has 0 aromatic heterocycles. The SMILES string of the molecule is C=CCN(CC=C)C(=O)NCCCC(C)C(=O)O. The molecule has 102 valence electrons. The van der Waals surface area contributed by atoms with Gasteiger partial charge in [0.1, 0.15) is 0 Å². The normalized spacial score (nSPS) is 11.4. The number of carbonyl (C=O) groups is 2. The van der Waals surface area contributed by atoms with E-state index in [2.05, 4.69) is 18.5 Å². The van der Waals surface area contributed by atoms with Crippen molar-refractivity contribution in [3.63, 3.8) is 0 Å².